The van der Waals surface area contributed by atoms with Gasteiger partial charge in [0.25, 0.3) is 5.91 Å². The number of hydrogen-bond acceptors (Lipinski definition) is 4. The summed E-state index contributed by atoms with van der Waals surface area (Å²) in [5, 5.41) is 4.55. The molecule has 1 heterocycles. The van der Waals surface area contributed by atoms with E-state index in [0.717, 1.165) is 5.56 Å². The Labute approximate surface area is 132 Å². The van der Waals surface area contributed by atoms with Crippen molar-refractivity contribution in [2.24, 2.45) is 5.10 Å². The average molecular weight is 317 g/mol. The Morgan fingerprint density at radius 1 is 1.18 bits per heavy atom. The zero-order chi connectivity index (χ0) is 15.4. The Hall–Kier alpha value is -2.53. The fourth-order valence-corrected chi connectivity index (χ4v) is 2.07. The predicted molar refractivity (Wildman–Crippen MR) is 83.5 cm³/mol. The number of hydrogen-bond donors (Lipinski definition) is 1. The molecule has 2 aromatic rings. The predicted octanol–water partition coefficient (Wildman–Crippen LogP) is 2.63. The minimum absolute atomic E-state index is 0.152. The highest BCUT2D eigenvalue weighted by molar-refractivity contribution is 6.30. The summed E-state index contributed by atoms with van der Waals surface area (Å²) >= 11 is 5.79. The lowest BCUT2D eigenvalue weighted by atomic mass is 10.2. The Morgan fingerprint density at radius 3 is 2.68 bits per heavy atom. The van der Waals surface area contributed by atoms with Crippen LogP contribution in [0.15, 0.2) is 53.6 Å². The number of carbonyl (C=O) groups excluding carboxylic acids is 1. The van der Waals surface area contributed by atoms with Crippen molar-refractivity contribution in [3.8, 4) is 11.5 Å². The summed E-state index contributed by atoms with van der Waals surface area (Å²) < 4.78 is 11.1. The molecule has 1 aliphatic heterocycles. The summed E-state index contributed by atoms with van der Waals surface area (Å²) in [4.78, 5) is 12.0. The Morgan fingerprint density at radius 2 is 1.91 bits per heavy atom. The van der Waals surface area contributed by atoms with Gasteiger partial charge < -0.3 is 9.47 Å². The van der Waals surface area contributed by atoms with Gasteiger partial charge in [-0.05, 0) is 29.8 Å². The van der Waals surface area contributed by atoms with Crippen LogP contribution in [0.1, 0.15) is 5.56 Å². The van der Waals surface area contributed by atoms with Crippen molar-refractivity contribution in [1.82, 2.24) is 5.43 Å². The van der Waals surface area contributed by atoms with Gasteiger partial charge in [-0.25, -0.2) is 5.43 Å². The third kappa shape index (κ3) is 3.38. The van der Waals surface area contributed by atoms with E-state index in [0.29, 0.717) is 16.5 Å². The highest BCUT2D eigenvalue weighted by Gasteiger charge is 2.26. The highest BCUT2D eigenvalue weighted by atomic mass is 35.5. The molecule has 0 spiro atoms. The van der Waals surface area contributed by atoms with Crippen molar-refractivity contribution < 1.29 is 14.3 Å². The van der Waals surface area contributed by atoms with E-state index in [1.807, 2.05) is 12.1 Å². The number of nitrogens with one attached hydrogen (secondary N) is 1. The molecule has 6 heteroatoms. The number of halogens is 1. The van der Waals surface area contributed by atoms with Gasteiger partial charge in [0.2, 0.25) is 6.10 Å². The molecular formula is C16H13ClN2O3. The normalized spacial score (nSPS) is 16.5. The minimum Gasteiger partial charge on any atom is -0.485 e. The first-order chi connectivity index (χ1) is 10.7. The Balaban J connectivity index is 1.58. The van der Waals surface area contributed by atoms with Crippen LogP contribution in [0, 0.1) is 0 Å². The lowest BCUT2D eigenvalue weighted by Crippen LogP contribution is -2.42. The lowest BCUT2D eigenvalue weighted by molar-refractivity contribution is -0.130. The summed E-state index contributed by atoms with van der Waals surface area (Å²) in [6.45, 7) is 0.152. The molecule has 2 aromatic carbocycles. The van der Waals surface area contributed by atoms with E-state index in [1.165, 1.54) is 6.21 Å². The van der Waals surface area contributed by atoms with Crippen LogP contribution >= 0.6 is 11.6 Å². The van der Waals surface area contributed by atoms with Crippen LogP contribution in [0.25, 0.3) is 0 Å². The largest absolute Gasteiger partial charge is 0.485 e. The number of nitrogens with zero attached hydrogens (tertiary/aromatic N) is 1. The topological polar surface area (TPSA) is 59.9 Å². The molecule has 0 fully saturated rings. The standard InChI is InChI=1S/C16H13ClN2O3/c17-12-7-5-11(6-8-12)9-18-19-16(20)15-10-21-13-3-1-2-4-14(13)22-15/h1-9,15H,10H2,(H,19,20)/b18-9+. The Kier molecular flexibility index (Phi) is 4.25. The molecule has 5 nitrogen and oxygen atoms in total. The molecule has 1 N–H and O–H groups in total. The monoisotopic (exact) mass is 316 g/mol. The van der Waals surface area contributed by atoms with Gasteiger partial charge in [-0.1, -0.05) is 35.9 Å². The third-order valence-corrected chi connectivity index (χ3v) is 3.31. The summed E-state index contributed by atoms with van der Waals surface area (Å²) in [6.07, 6.45) is 0.809. The number of hydrazone groups is 1. The summed E-state index contributed by atoms with van der Waals surface area (Å²) in [7, 11) is 0. The molecule has 0 saturated carbocycles. The molecule has 1 amide bonds. The van der Waals surface area contributed by atoms with Gasteiger partial charge in [0, 0.05) is 5.02 Å². The van der Waals surface area contributed by atoms with E-state index in [9.17, 15) is 4.79 Å². The molecule has 3 rings (SSSR count). The van der Waals surface area contributed by atoms with E-state index in [4.69, 9.17) is 21.1 Å². The SMILES string of the molecule is O=C(N/N=C/c1ccc(Cl)cc1)C1COc2ccccc2O1. The van der Waals surface area contributed by atoms with Crippen molar-refractivity contribution in [2.45, 2.75) is 6.10 Å². The second-order valence-electron chi connectivity index (χ2n) is 4.65. The number of carbonyl (C=O) groups is 1. The number of ether oxygens (including phenoxy) is 2. The number of para-hydroxylation sites is 2. The molecule has 0 bridgehead atoms. The lowest BCUT2D eigenvalue weighted by Gasteiger charge is -2.24. The zero-order valence-corrected chi connectivity index (χ0v) is 12.3. The minimum atomic E-state index is -0.725. The van der Waals surface area contributed by atoms with Crippen LogP contribution in [0.2, 0.25) is 5.02 Å². The van der Waals surface area contributed by atoms with Gasteiger partial charge in [-0.15, -0.1) is 0 Å². The van der Waals surface area contributed by atoms with Crippen molar-refractivity contribution in [2.75, 3.05) is 6.61 Å². The van der Waals surface area contributed by atoms with Crippen molar-refractivity contribution in [1.29, 1.82) is 0 Å². The Bertz CT molecular complexity index is 701. The zero-order valence-electron chi connectivity index (χ0n) is 11.5. The van der Waals surface area contributed by atoms with Gasteiger partial charge in [0.1, 0.15) is 6.61 Å². The van der Waals surface area contributed by atoms with Gasteiger partial charge >= 0.3 is 0 Å². The first-order valence-electron chi connectivity index (χ1n) is 6.69. The molecule has 1 aliphatic rings. The molecule has 0 saturated heterocycles. The maximum atomic E-state index is 12.0. The fraction of sp³-hybridized carbons (Fsp3) is 0.125. The van der Waals surface area contributed by atoms with Crippen LogP contribution in [0.4, 0.5) is 0 Å². The summed E-state index contributed by atoms with van der Waals surface area (Å²) in [6, 6.07) is 14.3. The smallest absolute Gasteiger partial charge is 0.284 e. The summed E-state index contributed by atoms with van der Waals surface area (Å²) in [5.41, 5.74) is 3.27. The first kappa shape index (κ1) is 14.4. The van der Waals surface area contributed by atoms with Crippen molar-refractivity contribution in [3.05, 3.63) is 59.1 Å². The van der Waals surface area contributed by atoms with Crippen molar-refractivity contribution >= 4 is 23.7 Å². The summed E-state index contributed by atoms with van der Waals surface area (Å²) in [5.74, 6) is 0.825. The van der Waals surface area contributed by atoms with E-state index >= 15 is 0 Å². The van der Waals surface area contributed by atoms with Crippen LogP contribution in [0.5, 0.6) is 11.5 Å². The molecule has 1 atom stereocenters. The molecular weight excluding hydrogens is 304 g/mol. The number of amides is 1. The van der Waals surface area contributed by atoms with Gasteiger partial charge in [0.05, 0.1) is 6.21 Å². The number of fused-ring (bicyclic) bond motifs is 1. The van der Waals surface area contributed by atoms with Gasteiger partial charge in [0.15, 0.2) is 11.5 Å². The van der Waals surface area contributed by atoms with E-state index < -0.39 is 6.10 Å². The molecule has 1 unspecified atom stereocenters. The fourth-order valence-electron chi connectivity index (χ4n) is 1.94. The second-order valence-corrected chi connectivity index (χ2v) is 5.09. The number of rotatable bonds is 3. The van der Waals surface area contributed by atoms with Crippen LogP contribution in [0.3, 0.4) is 0 Å². The number of benzene rings is 2. The van der Waals surface area contributed by atoms with Gasteiger partial charge in [-0.2, -0.15) is 5.10 Å². The van der Waals surface area contributed by atoms with E-state index in [-0.39, 0.29) is 12.5 Å². The second kappa shape index (κ2) is 6.49. The highest BCUT2D eigenvalue weighted by Crippen LogP contribution is 2.30. The first-order valence-corrected chi connectivity index (χ1v) is 7.07. The van der Waals surface area contributed by atoms with Crippen LogP contribution in [-0.4, -0.2) is 24.8 Å². The van der Waals surface area contributed by atoms with Crippen LogP contribution < -0.4 is 14.9 Å². The average Bonchev–Trinajstić information content (AvgIpc) is 2.56. The molecule has 0 aliphatic carbocycles. The molecule has 0 radical (unpaired) electrons. The van der Waals surface area contributed by atoms with E-state index in [1.54, 1.807) is 36.4 Å². The third-order valence-electron chi connectivity index (χ3n) is 3.06. The van der Waals surface area contributed by atoms with E-state index in [2.05, 4.69) is 10.5 Å². The maximum Gasteiger partial charge on any atom is 0.284 e. The quantitative estimate of drug-likeness (QED) is 0.699. The molecule has 22 heavy (non-hydrogen) atoms. The maximum absolute atomic E-state index is 12.0. The molecule has 0 aromatic heterocycles. The molecule has 112 valence electrons. The van der Waals surface area contributed by atoms with Crippen molar-refractivity contribution in [3.63, 3.8) is 0 Å². The van der Waals surface area contributed by atoms with Gasteiger partial charge in [-0.3, -0.25) is 4.79 Å². The van der Waals surface area contributed by atoms with Crippen LogP contribution in [-0.2, 0) is 4.79 Å².